The molecule has 0 saturated carbocycles. The molecular weight excluding hydrogens is 462 g/mol. The molecule has 170 valence electrons. The maximum absolute atomic E-state index is 13.5. The molecule has 2 aromatic carbocycles. The SMILES string of the molecule is Cc1ccc(S(=O)(=O)Nc2cccc(C(=O)c3cn(C(C)C)c4ncnc(N)c34)c2Cl)cc1. The van der Waals surface area contributed by atoms with E-state index in [1.54, 1.807) is 24.4 Å². The van der Waals surface area contributed by atoms with E-state index in [1.165, 1.54) is 30.6 Å². The lowest BCUT2D eigenvalue weighted by atomic mass is 10.0. The van der Waals surface area contributed by atoms with E-state index in [9.17, 15) is 13.2 Å². The number of nitrogens with zero attached hydrogens (tertiary/aromatic N) is 3. The van der Waals surface area contributed by atoms with Gasteiger partial charge in [-0.25, -0.2) is 18.4 Å². The lowest BCUT2D eigenvalue weighted by Gasteiger charge is -2.12. The Kier molecular flexibility index (Phi) is 5.85. The number of benzene rings is 2. The second-order valence-corrected chi connectivity index (χ2v) is 9.98. The highest BCUT2D eigenvalue weighted by atomic mass is 35.5. The van der Waals surface area contributed by atoms with Gasteiger partial charge >= 0.3 is 0 Å². The van der Waals surface area contributed by atoms with Crippen molar-refractivity contribution in [3.63, 3.8) is 0 Å². The average Bonchev–Trinajstić information content (AvgIpc) is 3.16. The highest BCUT2D eigenvalue weighted by Crippen LogP contribution is 2.33. The first-order valence-electron chi connectivity index (χ1n) is 10.1. The third-order valence-corrected chi connectivity index (χ3v) is 7.05. The van der Waals surface area contributed by atoms with Crippen LogP contribution in [0.2, 0.25) is 5.02 Å². The van der Waals surface area contributed by atoms with Crippen molar-refractivity contribution < 1.29 is 13.2 Å². The predicted octanol–water partition coefficient (Wildman–Crippen LogP) is 4.59. The number of hydrogen-bond donors (Lipinski definition) is 2. The van der Waals surface area contributed by atoms with E-state index < -0.39 is 15.8 Å². The van der Waals surface area contributed by atoms with Gasteiger partial charge in [-0.05, 0) is 45.0 Å². The molecule has 0 radical (unpaired) electrons. The molecule has 33 heavy (non-hydrogen) atoms. The van der Waals surface area contributed by atoms with Crippen LogP contribution in [0, 0.1) is 6.92 Å². The summed E-state index contributed by atoms with van der Waals surface area (Å²) in [4.78, 5) is 21.9. The van der Waals surface area contributed by atoms with E-state index in [0.717, 1.165) is 5.56 Å². The van der Waals surface area contributed by atoms with Crippen LogP contribution in [0.5, 0.6) is 0 Å². The first-order chi connectivity index (χ1) is 15.6. The minimum absolute atomic E-state index is 0.0148. The van der Waals surface area contributed by atoms with Gasteiger partial charge < -0.3 is 10.3 Å². The summed E-state index contributed by atoms with van der Waals surface area (Å²) in [6.07, 6.45) is 3.01. The number of aryl methyl sites for hydroxylation is 1. The van der Waals surface area contributed by atoms with Crippen molar-refractivity contribution in [3.05, 3.63) is 76.7 Å². The van der Waals surface area contributed by atoms with Crippen molar-refractivity contribution in [2.45, 2.75) is 31.7 Å². The minimum Gasteiger partial charge on any atom is -0.383 e. The molecule has 4 aromatic rings. The van der Waals surface area contributed by atoms with Crippen LogP contribution in [0.15, 0.2) is 59.9 Å². The third kappa shape index (κ3) is 4.17. The van der Waals surface area contributed by atoms with Crippen LogP contribution in [-0.2, 0) is 10.0 Å². The van der Waals surface area contributed by atoms with E-state index in [0.29, 0.717) is 11.0 Å². The smallest absolute Gasteiger partial charge is 0.261 e. The number of carbonyl (C=O) groups is 1. The number of fused-ring (bicyclic) bond motifs is 1. The monoisotopic (exact) mass is 483 g/mol. The molecule has 0 fully saturated rings. The van der Waals surface area contributed by atoms with Gasteiger partial charge in [0, 0.05) is 17.8 Å². The Bertz CT molecular complexity index is 1480. The van der Waals surface area contributed by atoms with E-state index in [2.05, 4.69) is 14.7 Å². The summed E-state index contributed by atoms with van der Waals surface area (Å²) >= 11 is 6.52. The predicted molar refractivity (Wildman–Crippen MR) is 129 cm³/mol. The molecule has 2 aromatic heterocycles. The van der Waals surface area contributed by atoms with Crippen molar-refractivity contribution in [2.24, 2.45) is 0 Å². The lowest BCUT2D eigenvalue weighted by molar-refractivity contribution is 0.104. The molecule has 0 amide bonds. The Morgan fingerprint density at radius 3 is 2.45 bits per heavy atom. The van der Waals surface area contributed by atoms with Crippen LogP contribution in [-0.4, -0.2) is 28.7 Å². The largest absolute Gasteiger partial charge is 0.383 e. The third-order valence-electron chi connectivity index (χ3n) is 5.26. The summed E-state index contributed by atoms with van der Waals surface area (Å²) < 4.78 is 30.0. The Balaban J connectivity index is 1.77. The summed E-state index contributed by atoms with van der Waals surface area (Å²) in [5.74, 6) is -0.239. The van der Waals surface area contributed by atoms with Crippen LogP contribution >= 0.6 is 11.6 Å². The maximum atomic E-state index is 13.5. The molecule has 0 aliphatic rings. The van der Waals surface area contributed by atoms with Gasteiger partial charge in [0.1, 0.15) is 17.8 Å². The molecule has 0 saturated heterocycles. The number of halogens is 1. The molecule has 8 nitrogen and oxygen atoms in total. The number of ketones is 1. The number of carbonyl (C=O) groups excluding carboxylic acids is 1. The molecule has 0 bridgehead atoms. The van der Waals surface area contributed by atoms with Crippen LogP contribution in [0.25, 0.3) is 11.0 Å². The van der Waals surface area contributed by atoms with Crippen LogP contribution in [0.4, 0.5) is 11.5 Å². The molecule has 2 heterocycles. The van der Waals surface area contributed by atoms with Gasteiger partial charge in [-0.3, -0.25) is 9.52 Å². The Morgan fingerprint density at radius 2 is 1.79 bits per heavy atom. The van der Waals surface area contributed by atoms with Crippen molar-refractivity contribution >= 4 is 49.9 Å². The molecule has 0 aliphatic heterocycles. The summed E-state index contributed by atoms with van der Waals surface area (Å²) in [7, 11) is -3.90. The van der Waals surface area contributed by atoms with E-state index in [-0.39, 0.29) is 38.6 Å². The van der Waals surface area contributed by atoms with Crippen molar-refractivity contribution in [3.8, 4) is 0 Å². The van der Waals surface area contributed by atoms with E-state index >= 15 is 0 Å². The molecule has 10 heteroatoms. The van der Waals surface area contributed by atoms with Crippen LogP contribution in [0.1, 0.15) is 41.4 Å². The number of nitrogen functional groups attached to an aromatic ring is 1. The zero-order valence-corrected chi connectivity index (χ0v) is 19.8. The number of anilines is 2. The Hall–Kier alpha value is -3.43. The van der Waals surface area contributed by atoms with Crippen molar-refractivity contribution in [1.82, 2.24) is 14.5 Å². The van der Waals surface area contributed by atoms with Crippen LogP contribution in [0.3, 0.4) is 0 Å². The number of sulfonamides is 1. The molecule has 0 aliphatic carbocycles. The number of nitrogens with two attached hydrogens (primary N) is 1. The number of rotatable bonds is 6. The molecule has 0 unspecified atom stereocenters. The first-order valence-corrected chi connectivity index (χ1v) is 12.0. The van der Waals surface area contributed by atoms with Gasteiger partial charge in [0.2, 0.25) is 0 Å². The summed E-state index contributed by atoms with van der Waals surface area (Å²) in [6, 6.07) is 11.0. The first kappa shape index (κ1) is 22.8. The second-order valence-electron chi connectivity index (χ2n) is 7.92. The quantitative estimate of drug-likeness (QED) is 0.387. The van der Waals surface area contributed by atoms with Gasteiger partial charge in [-0.15, -0.1) is 0 Å². The van der Waals surface area contributed by atoms with Crippen molar-refractivity contribution in [2.75, 3.05) is 10.5 Å². The Labute approximate surface area is 196 Å². The molecule has 0 spiro atoms. The second kappa shape index (κ2) is 8.49. The van der Waals surface area contributed by atoms with Gasteiger partial charge in [-0.1, -0.05) is 35.4 Å². The van der Waals surface area contributed by atoms with Gasteiger partial charge in [0.05, 0.1) is 26.6 Å². The molecular formula is C23H22ClN5O3S. The Morgan fingerprint density at radius 1 is 1.09 bits per heavy atom. The van der Waals surface area contributed by atoms with E-state index in [4.69, 9.17) is 17.3 Å². The fraction of sp³-hybridized carbons (Fsp3) is 0.174. The summed E-state index contributed by atoms with van der Waals surface area (Å²) in [5.41, 5.74) is 8.06. The number of hydrogen-bond acceptors (Lipinski definition) is 6. The zero-order valence-electron chi connectivity index (χ0n) is 18.2. The molecule has 4 rings (SSSR count). The standard InChI is InChI=1S/C23H22ClN5O3S/c1-13(2)29-11-17(19-22(25)26-12-27-23(19)29)21(30)16-5-4-6-18(20(16)24)28-33(31,32)15-9-7-14(3)8-10-15/h4-13,28H,1-3H3,(H2,25,26,27). The lowest BCUT2D eigenvalue weighted by Crippen LogP contribution is -2.14. The fourth-order valence-corrected chi connectivity index (χ4v) is 4.91. The van der Waals surface area contributed by atoms with E-state index in [1.807, 2.05) is 25.3 Å². The normalized spacial score (nSPS) is 11.8. The minimum atomic E-state index is -3.90. The molecule has 0 atom stereocenters. The average molecular weight is 484 g/mol. The highest BCUT2D eigenvalue weighted by Gasteiger charge is 2.25. The topological polar surface area (TPSA) is 120 Å². The molecule has 3 N–H and O–H groups in total. The number of aromatic nitrogens is 3. The maximum Gasteiger partial charge on any atom is 0.261 e. The number of nitrogens with one attached hydrogen (secondary N) is 1. The van der Waals surface area contributed by atoms with Crippen LogP contribution < -0.4 is 10.5 Å². The van der Waals surface area contributed by atoms with Gasteiger partial charge in [-0.2, -0.15) is 0 Å². The fourth-order valence-electron chi connectivity index (χ4n) is 3.53. The van der Waals surface area contributed by atoms with Crippen molar-refractivity contribution in [1.29, 1.82) is 0 Å². The summed E-state index contributed by atoms with van der Waals surface area (Å²) in [6.45, 7) is 5.78. The highest BCUT2D eigenvalue weighted by molar-refractivity contribution is 7.92. The van der Waals surface area contributed by atoms with Gasteiger partial charge in [0.15, 0.2) is 5.78 Å². The zero-order chi connectivity index (χ0) is 23.9. The summed E-state index contributed by atoms with van der Waals surface area (Å²) in [5, 5.41) is 0.414. The van der Waals surface area contributed by atoms with Gasteiger partial charge in [0.25, 0.3) is 10.0 Å².